The highest BCUT2D eigenvalue weighted by atomic mass is 16.5. The molecule has 0 fully saturated rings. The lowest BCUT2D eigenvalue weighted by Gasteiger charge is -2.05. The number of carbonyl (C=O) groups is 1. The van der Waals surface area contributed by atoms with Gasteiger partial charge >= 0.3 is 5.97 Å². The van der Waals surface area contributed by atoms with Gasteiger partial charge in [0.2, 0.25) is 0 Å². The van der Waals surface area contributed by atoms with E-state index in [1.807, 2.05) is 18.2 Å². The van der Waals surface area contributed by atoms with Gasteiger partial charge in [-0.2, -0.15) is 0 Å². The molecule has 0 saturated carbocycles. The van der Waals surface area contributed by atoms with Crippen LogP contribution in [0.1, 0.15) is 5.56 Å². The van der Waals surface area contributed by atoms with Gasteiger partial charge in [-0.15, -0.1) is 0 Å². The van der Waals surface area contributed by atoms with E-state index in [2.05, 4.69) is 4.98 Å². The second-order valence-electron chi connectivity index (χ2n) is 3.87. The fraction of sp³-hybridized carbons (Fsp3) is 0.250. The van der Waals surface area contributed by atoms with Crippen molar-refractivity contribution in [3.05, 3.63) is 30.0 Å². The van der Waals surface area contributed by atoms with Gasteiger partial charge in [-0.25, -0.2) is 0 Å². The Hall–Kier alpha value is -2.01. The van der Waals surface area contributed by atoms with Crippen LogP contribution in [0, 0.1) is 0 Å². The van der Waals surface area contributed by atoms with Gasteiger partial charge in [-0.1, -0.05) is 0 Å². The third-order valence-electron chi connectivity index (χ3n) is 2.73. The minimum Gasteiger partial charge on any atom is -0.497 e. The van der Waals surface area contributed by atoms with Crippen molar-refractivity contribution >= 4 is 16.9 Å². The summed E-state index contributed by atoms with van der Waals surface area (Å²) in [6.07, 6.45) is 2.09. The van der Waals surface area contributed by atoms with E-state index in [1.165, 1.54) is 0 Å². The number of nitrogens with one attached hydrogen (secondary N) is 1. The summed E-state index contributed by atoms with van der Waals surface area (Å²) in [7, 11) is 1.60. The van der Waals surface area contributed by atoms with Gasteiger partial charge in [-0.05, 0) is 17.7 Å². The fourth-order valence-corrected chi connectivity index (χ4v) is 1.79. The van der Waals surface area contributed by atoms with Gasteiger partial charge in [0.15, 0.2) is 0 Å². The Morgan fingerprint density at radius 3 is 3.00 bits per heavy atom. The average Bonchev–Trinajstić information content (AvgIpc) is 2.71. The molecule has 0 radical (unpaired) electrons. The molecule has 0 aliphatic rings. The molecule has 1 atom stereocenters. The third kappa shape index (κ3) is 2.24. The van der Waals surface area contributed by atoms with Gasteiger partial charge in [0.05, 0.1) is 7.11 Å². The number of hydrogen-bond acceptors (Lipinski definition) is 3. The fourth-order valence-electron chi connectivity index (χ4n) is 1.79. The molecule has 2 aromatic rings. The Morgan fingerprint density at radius 2 is 2.35 bits per heavy atom. The lowest BCUT2D eigenvalue weighted by Crippen LogP contribution is -2.32. The number of nitrogens with two attached hydrogens (primary N) is 1. The maximum atomic E-state index is 10.7. The van der Waals surface area contributed by atoms with Crippen molar-refractivity contribution in [3.63, 3.8) is 0 Å². The highest BCUT2D eigenvalue weighted by molar-refractivity contribution is 5.85. The van der Waals surface area contributed by atoms with Crippen molar-refractivity contribution < 1.29 is 14.6 Å². The summed E-state index contributed by atoms with van der Waals surface area (Å²) in [5.41, 5.74) is 7.33. The smallest absolute Gasteiger partial charge is 0.320 e. The van der Waals surface area contributed by atoms with E-state index in [1.54, 1.807) is 13.3 Å². The number of aromatic amines is 1. The first-order valence-electron chi connectivity index (χ1n) is 5.24. The number of ether oxygens (including phenoxy) is 1. The number of carboxylic acids is 1. The number of hydrogen-bond donors (Lipinski definition) is 3. The second kappa shape index (κ2) is 4.47. The summed E-state index contributed by atoms with van der Waals surface area (Å²) >= 11 is 0. The van der Waals surface area contributed by atoms with Crippen LogP contribution >= 0.6 is 0 Å². The van der Waals surface area contributed by atoms with Crippen LogP contribution in [-0.2, 0) is 11.2 Å². The first-order chi connectivity index (χ1) is 8.11. The molecule has 90 valence electrons. The number of rotatable bonds is 4. The zero-order valence-corrected chi connectivity index (χ0v) is 9.43. The van der Waals surface area contributed by atoms with Crippen LogP contribution in [0.4, 0.5) is 0 Å². The Bertz CT molecular complexity index is 548. The molecule has 1 heterocycles. The Kier molecular flexibility index (Phi) is 3.01. The summed E-state index contributed by atoms with van der Waals surface area (Å²) in [5, 5.41) is 9.75. The zero-order valence-electron chi connectivity index (χ0n) is 9.43. The standard InChI is InChI=1S/C12H14N2O3/c1-17-8-2-3-9-7(4-10(13)12(15)16)6-14-11(9)5-8/h2-3,5-6,10,14H,4,13H2,1H3,(H,15,16)/t10-/m1/s1. The van der Waals surface area contributed by atoms with Crippen LogP contribution in [0.2, 0.25) is 0 Å². The van der Waals surface area contributed by atoms with Gasteiger partial charge < -0.3 is 20.6 Å². The van der Waals surface area contributed by atoms with Crippen molar-refractivity contribution in [3.8, 4) is 5.75 Å². The number of H-pyrrole nitrogens is 1. The molecule has 1 aromatic carbocycles. The van der Waals surface area contributed by atoms with Gasteiger partial charge in [-0.3, -0.25) is 4.79 Å². The normalized spacial score (nSPS) is 12.6. The van der Waals surface area contributed by atoms with Crippen LogP contribution in [0.25, 0.3) is 10.9 Å². The molecule has 0 aliphatic carbocycles. The third-order valence-corrected chi connectivity index (χ3v) is 2.73. The summed E-state index contributed by atoms with van der Waals surface area (Å²) in [4.78, 5) is 13.8. The van der Waals surface area contributed by atoms with Crippen LogP contribution in [0.3, 0.4) is 0 Å². The lowest BCUT2D eigenvalue weighted by atomic mass is 10.1. The lowest BCUT2D eigenvalue weighted by molar-refractivity contribution is -0.138. The molecule has 0 spiro atoms. The van der Waals surface area contributed by atoms with Crippen molar-refractivity contribution in [1.82, 2.24) is 4.98 Å². The first kappa shape index (κ1) is 11.5. The first-order valence-corrected chi connectivity index (χ1v) is 5.24. The van der Waals surface area contributed by atoms with Crippen LogP contribution in [0.15, 0.2) is 24.4 Å². The van der Waals surface area contributed by atoms with Crippen molar-refractivity contribution in [2.24, 2.45) is 5.73 Å². The Labute approximate surface area is 98.2 Å². The minimum atomic E-state index is -0.993. The number of aromatic nitrogens is 1. The molecule has 17 heavy (non-hydrogen) atoms. The SMILES string of the molecule is COc1ccc2c(C[C@@H](N)C(=O)O)c[nH]c2c1. The molecular weight excluding hydrogens is 220 g/mol. The summed E-state index contributed by atoms with van der Waals surface area (Å²) in [6, 6.07) is 4.72. The number of aliphatic carboxylic acids is 1. The van der Waals surface area contributed by atoms with E-state index in [0.29, 0.717) is 6.42 Å². The van der Waals surface area contributed by atoms with Crippen LogP contribution in [0.5, 0.6) is 5.75 Å². The molecule has 1 aromatic heterocycles. The molecule has 2 rings (SSSR count). The van der Waals surface area contributed by atoms with E-state index in [-0.39, 0.29) is 0 Å². The minimum absolute atomic E-state index is 0.307. The number of benzene rings is 1. The average molecular weight is 234 g/mol. The Morgan fingerprint density at radius 1 is 1.59 bits per heavy atom. The van der Waals surface area contributed by atoms with Gasteiger partial charge in [0.25, 0.3) is 0 Å². The summed E-state index contributed by atoms with van der Waals surface area (Å²) < 4.78 is 5.11. The molecule has 0 amide bonds. The highest BCUT2D eigenvalue weighted by Crippen LogP contribution is 2.23. The molecule has 0 bridgehead atoms. The predicted octanol–water partition coefficient (Wildman–Crippen LogP) is 1.13. The largest absolute Gasteiger partial charge is 0.497 e. The number of carboxylic acid groups (broad SMARTS) is 1. The van der Waals surface area contributed by atoms with Crippen molar-refractivity contribution in [1.29, 1.82) is 0 Å². The number of fused-ring (bicyclic) bond motifs is 1. The molecule has 5 nitrogen and oxygen atoms in total. The monoisotopic (exact) mass is 234 g/mol. The van der Waals surface area contributed by atoms with E-state index in [4.69, 9.17) is 15.6 Å². The zero-order chi connectivity index (χ0) is 12.4. The molecule has 0 aliphatic heterocycles. The van der Waals surface area contributed by atoms with E-state index in [9.17, 15) is 4.79 Å². The van der Waals surface area contributed by atoms with E-state index in [0.717, 1.165) is 22.2 Å². The molecular formula is C12H14N2O3. The second-order valence-corrected chi connectivity index (χ2v) is 3.87. The molecule has 5 heteroatoms. The molecule has 4 N–H and O–H groups in total. The summed E-state index contributed by atoms with van der Waals surface area (Å²) in [5.74, 6) is -0.235. The topological polar surface area (TPSA) is 88.3 Å². The maximum absolute atomic E-state index is 10.7. The quantitative estimate of drug-likeness (QED) is 0.740. The van der Waals surface area contributed by atoms with Crippen LogP contribution in [-0.4, -0.2) is 29.2 Å². The molecule has 0 saturated heterocycles. The van der Waals surface area contributed by atoms with E-state index < -0.39 is 12.0 Å². The van der Waals surface area contributed by atoms with Crippen molar-refractivity contribution in [2.75, 3.05) is 7.11 Å². The predicted molar refractivity (Wildman–Crippen MR) is 64.2 cm³/mol. The van der Waals surface area contributed by atoms with Gasteiger partial charge in [0.1, 0.15) is 11.8 Å². The van der Waals surface area contributed by atoms with Crippen molar-refractivity contribution in [2.45, 2.75) is 12.5 Å². The Balaban J connectivity index is 2.33. The van der Waals surface area contributed by atoms with Gasteiger partial charge in [0, 0.05) is 29.6 Å². The van der Waals surface area contributed by atoms with Crippen LogP contribution < -0.4 is 10.5 Å². The summed E-state index contributed by atoms with van der Waals surface area (Å²) in [6.45, 7) is 0. The van der Waals surface area contributed by atoms with E-state index >= 15 is 0 Å². The highest BCUT2D eigenvalue weighted by Gasteiger charge is 2.14. The number of methoxy groups -OCH3 is 1. The maximum Gasteiger partial charge on any atom is 0.320 e. The molecule has 0 unspecified atom stereocenters.